The fourth-order valence-electron chi connectivity index (χ4n) is 2.00. The molecule has 0 bridgehead atoms. The fourth-order valence-corrected chi connectivity index (χ4v) is 2.94. The van der Waals surface area contributed by atoms with Gasteiger partial charge in [-0.05, 0) is 59.3 Å². The van der Waals surface area contributed by atoms with Gasteiger partial charge in [-0.2, -0.15) is 0 Å². The molecule has 5 nitrogen and oxygen atoms in total. The quantitative estimate of drug-likeness (QED) is 0.598. The minimum Gasteiger partial charge on any atom is -0.480 e. The van der Waals surface area contributed by atoms with Gasteiger partial charge in [0.1, 0.15) is 5.75 Å². The lowest BCUT2D eigenvalue weighted by Gasteiger charge is -2.17. The van der Waals surface area contributed by atoms with Crippen LogP contribution in [0.2, 0.25) is 10.0 Å². The molecule has 26 heavy (non-hydrogen) atoms. The van der Waals surface area contributed by atoms with Crippen molar-refractivity contribution in [1.82, 2.24) is 0 Å². The van der Waals surface area contributed by atoms with Crippen molar-refractivity contribution in [1.29, 1.82) is 0 Å². The third-order valence-corrected chi connectivity index (χ3v) is 4.58. The predicted octanol–water partition coefficient (Wildman–Crippen LogP) is 5.51. The topological polar surface area (TPSA) is 67.4 Å². The first-order valence-electron chi connectivity index (χ1n) is 7.82. The van der Waals surface area contributed by atoms with E-state index in [1.165, 1.54) is 0 Å². The summed E-state index contributed by atoms with van der Waals surface area (Å²) in [6.07, 6.45) is -0.428. The Kier molecular flexibility index (Phi) is 7.32. The first-order valence-corrected chi connectivity index (χ1v) is 9.37. The number of hydrogen-bond acceptors (Lipinski definition) is 3. The second-order valence-electron chi connectivity index (χ2n) is 5.42. The third-order valence-electron chi connectivity index (χ3n) is 3.40. The lowest BCUT2D eigenvalue weighted by Crippen LogP contribution is -2.30. The van der Waals surface area contributed by atoms with E-state index in [-0.39, 0.29) is 11.8 Å². The first kappa shape index (κ1) is 20.6. The van der Waals surface area contributed by atoms with Gasteiger partial charge in [0.15, 0.2) is 6.10 Å². The molecule has 0 aliphatic rings. The summed E-state index contributed by atoms with van der Waals surface area (Å²) in [5, 5.41) is 6.33. The number of rotatable bonds is 6. The Morgan fingerprint density at radius 1 is 1.15 bits per heavy atom. The van der Waals surface area contributed by atoms with Crippen molar-refractivity contribution < 1.29 is 14.3 Å². The van der Waals surface area contributed by atoms with E-state index < -0.39 is 6.10 Å². The van der Waals surface area contributed by atoms with Crippen LogP contribution in [0.1, 0.15) is 20.3 Å². The van der Waals surface area contributed by atoms with Crippen LogP contribution < -0.4 is 15.4 Å². The summed E-state index contributed by atoms with van der Waals surface area (Å²) in [7, 11) is 0. The number of amides is 2. The SMILES string of the molecule is CCC(=O)Nc1ccc(Cl)c(NC(=O)C(C)Oc2ccc(Cl)cc2Br)c1. The Morgan fingerprint density at radius 3 is 2.54 bits per heavy atom. The second kappa shape index (κ2) is 9.26. The minimum absolute atomic E-state index is 0.131. The van der Waals surface area contributed by atoms with Crippen molar-refractivity contribution in [3.05, 3.63) is 50.9 Å². The molecule has 138 valence electrons. The van der Waals surface area contributed by atoms with Crippen molar-refractivity contribution >= 4 is 62.3 Å². The monoisotopic (exact) mass is 458 g/mol. The summed E-state index contributed by atoms with van der Waals surface area (Å²) in [4.78, 5) is 23.9. The van der Waals surface area contributed by atoms with Crippen LogP contribution in [-0.4, -0.2) is 17.9 Å². The van der Waals surface area contributed by atoms with E-state index in [0.29, 0.717) is 38.1 Å². The largest absolute Gasteiger partial charge is 0.480 e. The van der Waals surface area contributed by atoms with Gasteiger partial charge in [-0.15, -0.1) is 0 Å². The van der Waals surface area contributed by atoms with Gasteiger partial charge in [-0.1, -0.05) is 30.1 Å². The summed E-state index contributed by atoms with van der Waals surface area (Å²) < 4.78 is 6.30. The highest BCUT2D eigenvalue weighted by atomic mass is 79.9. The van der Waals surface area contributed by atoms with Crippen LogP contribution >= 0.6 is 39.1 Å². The second-order valence-corrected chi connectivity index (χ2v) is 7.12. The maximum atomic E-state index is 12.4. The number of carbonyl (C=O) groups excluding carboxylic acids is 2. The number of ether oxygens (including phenoxy) is 1. The van der Waals surface area contributed by atoms with Crippen LogP contribution in [0, 0.1) is 0 Å². The zero-order valence-corrected chi connectivity index (χ0v) is 17.2. The molecule has 2 rings (SSSR count). The molecule has 2 aromatic carbocycles. The lowest BCUT2D eigenvalue weighted by molar-refractivity contribution is -0.122. The van der Waals surface area contributed by atoms with Gasteiger partial charge < -0.3 is 15.4 Å². The molecule has 0 radical (unpaired) electrons. The normalized spacial score (nSPS) is 11.6. The van der Waals surface area contributed by atoms with E-state index in [2.05, 4.69) is 26.6 Å². The molecule has 2 amide bonds. The highest BCUT2D eigenvalue weighted by Crippen LogP contribution is 2.29. The number of hydrogen-bond donors (Lipinski definition) is 2. The highest BCUT2D eigenvalue weighted by Gasteiger charge is 2.18. The van der Waals surface area contributed by atoms with Gasteiger partial charge in [0.25, 0.3) is 5.91 Å². The zero-order valence-electron chi connectivity index (χ0n) is 14.1. The van der Waals surface area contributed by atoms with Gasteiger partial charge >= 0.3 is 0 Å². The Morgan fingerprint density at radius 2 is 1.88 bits per heavy atom. The summed E-state index contributed by atoms with van der Waals surface area (Å²) in [6.45, 7) is 3.37. The van der Waals surface area contributed by atoms with Crippen molar-refractivity contribution in [3.8, 4) is 5.75 Å². The summed E-state index contributed by atoms with van der Waals surface area (Å²) in [6, 6.07) is 9.88. The fraction of sp³-hybridized carbons (Fsp3) is 0.222. The molecule has 0 heterocycles. The molecule has 0 saturated heterocycles. The van der Waals surface area contributed by atoms with Crippen molar-refractivity contribution in [3.63, 3.8) is 0 Å². The first-order chi connectivity index (χ1) is 12.3. The Labute approximate surface area is 170 Å². The molecule has 0 fully saturated rings. The van der Waals surface area contributed by atoms with E-state index in [1.807, 2.05) is 0 Å². The molecule has 2 aromatic rings. The molecule has 1 unspecified atom stereocenters. The molecule has 0 spiro atoms. The Balaban J connectivity index is 2.08. The third kappa shape index (κ3) is 5.62. The highest BCUT2D eigenvalue weighted by molar-refractivity contribution is 9.10. The van der Waals surface area contributed by atoms with Gasteiger partial charge in [0, 0.05) is 17.1 Å². The molecule has 2 N–H and O–H groups in total. The molecule has 0 aliphatic heterocycles. The molecular formula is C18H17BrCl2N2O3. The number of halogens is 3. The van der Waals surface area contributed by atoms with Gasteiger partial charge in [0.2, 0.25) is 5.91 Å². The van der Waals surface area contributed by atoms with E-state index >= 15 is 0 Å². The van der Waals surface area contributed by atoms with Crippen molar-refractivity contribution in [2.24, 2.45) is 0 Å². The smallest absolute Gasteiger partial charge is 0.265 e. The predicted molar refractivity (Wildman–Crippen MR) is 108 cm³/mol. The maximum absolute atomic E-state index is 12.4. The van der Waals surface area contributed by atoms with Gasteiger partial charge in [0.05, 0.1) is 15.2 Å². The van der Waals surface area contributed by atoms with E-state index in [4.69, 9.17) is 27.9 Å². The number of nitrogens with one attached hydrogen (secondary N) is 2. The lowest BCUT2D eigenvalue weighted by atomic mass is 10.2. The standard InChI is InChI=1S/C18H17BrCl2N2O3/c1-3-17(24)22-12-5-6-14(21)15(9-12)23-18(25)10(2)26-16-7-4-11(20)8-13(16)19/h4-10H,3H2,1-2H3,(H,22,24)(H,23,25). The molecular weight excluding hydrogens is 443 g/mol. The van der Waals surface area contributed by atoms with Crippen LogP contribution in [-0.2, 0) is 9.59 Å². The Bertz CT molecular complexity index is 830. The molecule has 0 saturated carbocycles. The molecule has 0 aromatic heterocycles. The summed E-state index contributed by atoms with van der Waals surface area (Å²) in [5.74, 6) is -0.0197. The molecule has 8 heteroatoms. The van der Waals surface area contributed by atoms with E-state index in [9.17, 15) is 9.59 Å². The van der Waals surface area contributed by atoms with Crippen molar-refractivity contribution in [2.45, 2.75) is 26.4 Å². The van der Waals surface area contributed by atoms with Gasteiger partial charge in [-0.25, -0.2) is 0 Å². The zero-order chi connectivity index (χ0) is 19.3. The van der Waals surface area contributed by atoms with Crippen LogP contribution in [0.3, 0.4) is 0 Å². The molecule has 0 aliphatic carbocycles. The Hall–Kier alpha value is -1.76. The summed E-state index contributed by atoms with van der Waals surface area (Å²) in [5.41, 5.74) is 0.932. The van der Waals surface area contributed by atoms with Crippen LogP contribution in [0.4, 0.5) is 11.4 Å². The average molecular weight is 460 g/mol. The van der Waals surface area contributed by atoms with Crippen LogP contribution in [0.5, 0.6) is 5.75 Å². The van der Waals surface area contributed by atoms with Gasteiger partial charge in [-0.3, -0.25) is 9.59 Å². The van der Waals surface area contributed by atoms with Crippen LogP contribution in [0.15, 0.2) is 40.9 Å². The maximum Gasteiger partial charge on any atom is 0.265 e. The van der Waals surface area contributed by atoms with E-state index in [1.54, 1.807) is 50.2 Å². The molecule has 1 atom stereocenters. The minimum atomic E-state index is -0.780. The van der Waals surface area contributed by atoms with Crippen molar-refractivity contribution in [2.75, 3.05) is 10.6 Å². The number of anilines is 2. The van der Waals surface area contributed by atoms with E-state index in [0.717, 1.165) is 0 Å². The average Bonchev–Trinajstić information content (AvgIpc) is 2.60. The van der Waals surface area contributed by atoms with Crippen LogP contribution in [0.25, 0.3) is 0 Å². The summed E-state index contributed by atoms with van der Waals surface area (Å²) >= 11 is 15.4. The number of carbonyl (C=O) groups is 2. The number of benzene rings is 2.